The fourth-order valence-corrected chi connectivity index (χ4v) is 7.73. The second-order valence-electron chi connectivity index (χ2n) is 12.9. The lowest BCUT2D eigenvalue weighted by molar-refractivity contribution is -0.163. The number of carbonyl (C=O) groups is 11. The molecule has 2 aromatic rings. The Hall–Kier alpha value is -7.30. The molecule has 5 rings (SSSR count). The number of piperazine rings is 1. The maximum Gasteiger partial charge on any atom is 0.352 e. The Morgan fingerprint density at radius 2 is 1.53 bits per heavy atom. The van der Waals surface area contributed by atoms with Crippen molar-refractivity contribution in [2.45, 2.75) is 44.8 Å². The highest BCUT2D eigenvalue weighted by molar-refractivity contribution is 8.00. The molecule has 0 unspecified atom stereocenters. The molecule has 0 spiro atoms. The van der Waals surface area contributed by atoms with Crippen LogP contribution in [0.2, 0.25) is 0 Å². The summed E-state index contributed by atoms with van der Waals surface area (Å²) in [5.74, 6) is -11.5. The third-order valence-corrected chi connectivity index (χ3v) is 10.3. The molecule has 3 atom stereocenters. The lowest BCUT2D eigenvalue weighted by Crippen LogP contribution is -2.85. The molecule has 316 valence electrons. The number of aliphatic carboxylic acids is 1. The number of imide groups is 1. The molecule has 0 aromatic heterocycles. The van der Waals surface area contributed by atoms with Crippen molar-refractivity contribution in [1.29, 1.82) is 0 Å². The van der Waals surface area contributed by atoms with E-state index in [-0.39, 0.29) is 42.9 Å². The molecule has 3 aliphatic rings. The number of likely N-dealkylation sites (N-methyl/N-ethyl adjacent to an activating group) is 1. The number of hydrogen-bond acceptors (Lipinski definition) is 16. The zero-order valence-corrected chi connectivity index (χ0v) is 32.9. The Bertz CT molecular complexity index is 2190. The number of amides is 7. The Morgan fingerprint density at radius 1 is 0.917 bits per heavy atom. The summed E-state index contributed by atoms with van der Waals surface area (Å²) in [6.45, 7) is 4.05. The first-order valence-corrected chi connectivity index (χ1v) is 18.8. The third-order valence-electron chi connectivity index (χ3n) is 8.95. The molecule has 2 saturated heterocycles. The van der Waals surface area contributed by atoms with Crippen LogP contribution in [0.3, 0.4) is 0 Å². The second kappa shape index (κ2) is 18.1. The van der Waals surface area contributed by atoms with Crippen LogP contribution < -0.4 is 30.2 Å². The predicted octanol–water partition coefficient (Wildman–Crippen LogP) is -0.427. The lowest BCUT2D eigenvalue weighted by atomic mass is 9.94. The monoisotopic (exact) mass is 852 g/mol. The van der Waals surface area contributed by atoms with Gasteiger partial charge < -0.3 is 44.9 Å². The van der Waals surface area contributed by atoms with Gasteiger partial charge in [-0.25, -0.2) is 14.4 Å². The van der Waals surface area contributed by atoms with Crippen molar-refractivity contribution < 1.29 is 76.8 Å². The number of hydrogen-bond donors (Lipinski definition) is 4. The zero-order valence-electron chi connectivity index (χ0n) is 32.1. The fourth-order valence-electron chi connectivity index (χ4n) is 6.33. The molecule has 3 heterocycles. The summed E-state index contributed by atoms with van der Waals surface area (Å²) in [5, 5.41) is 16.1. The smallest absolute Gasteiger partial charge is 0.352 e. The molecule has 3 aliphatic heterocycles. The number of thioether (sulfide) groups is 1. The first-order valence-electron chi connectivity index (χ1n) is 17.7. The van der Waals surface area contributed by atoms with Gasteiger partial charge in [-0.1, -0.05) is 30.3 Å². The number of ether oxygens (including phenoxy) is 4. The van der Waals surface area contributed by atoms with E-state index < -0.39 is 112 Å². The van der Waals surface area contributed by atoms with E-state index >= 15 is 0 Å². The van der Waals surface area contributed by atoms with Gasteiger partial charge in [0, 0.05) is 51.7 Å². The normalized spacial score (nSPS) is 18.9. The van der Waals surface area contributed by atoms with Gasteiger partial charge in [-0.15, -0.1) is 11.8 Å². The molecular formula is C37H36N6O16S. The fraction of sp³-hybridized carbons (Fsp3) is 0.324. The molecule has 0 bridgehead atoms. The van der Waals surface area contributed by atoms with E-state index in [0.29, 0.717) is 4.90 Å². The molecule has 60 heavy (non-hydrogen) atoms. The highest BCUT2D eigenvalue weighted by Gasteiger charge is 2.66. The van der Waals surface area contributed by atoms with Crippen LogP contribution in [0.1, 0.15) is 49.7 Å². The minimum atomic E-state index is -2.27. The molecule has 2 fully saturated rings. The van der Waals surface area contributed by atoms with E-state index in [9.17, 15) is 57.8 Å². The number of fused-ring (bicyclic) bond motifs is 1. The van der Waals surface area contributed by atoms with Crippen LogP contribution in [0.25, 0.3) is 0 Å². The number of nitrogens with zero attached hydrogens (tertiary/aromatic N) is 3. The zero-order chi connectivity index (χ0) is 44.1. The summed E-state index contributed by atoms with van der Waals surface area (Å²) in [7, 11) is 0. The number of rotatable bonds is 14. The molecular weight excluding hydrogens is 816 g/mol. The van der Waals surface area contributed by atoms with Crippen molar-refractivity contribution in [1.82, 2.24) is 30.7 Å². The number of urea groups is 1. The van der Waals surface area contributed by atoms with Crippen LogP contribution in [0.4, 0.5) is 4.79 Å². The summed E-state index contributed by atoms with van der Waals surface area (Å²) >= 11 is 0.866. The van der Waals surface area contributed by atoms with Gasteiger partial charge in [-0.2, -0.15) is 0 Å². The number of carboxylic acid groups (broad SMARTS) is 1. The van der Waals surface area contributed by atoms with Crippen LogP contribution in [-0.2, 0) is 47.9 Å². The van der Waals surface area contributed by atoms with Gasteiger partial charge in [0.05, 0.1) is 5.56 Å². The van der Waals surface area contributed by atoms with Crippen molar-refractivity contribution in [2.24, 2.45) is 0 Å². The molecule has 23 heteroatoms. The topological polar surface area (TPSA) is 291 Å². The van der Waals surface area contributed by atoms with Crippen molar-refractivity contribution in [3.05, 3.63) is 64.9 Å². The standard InChI is InChI=1S/C37H36N6O16S/c1-5-41-11-12-42(31(50)30(41)49)36(55)39-26(21-9-7-6-8-10-21)29(48)40-37(38-17-44)34(54)43-27(32(51)52)23(16-60-35(37)43)15-56-33(53)22-13-24(57-18(2)45)28(59-20(4)47)25(14-22)58-19(3)46/h6-10,13-14,17,26,35H,5,11-12,15-16H2,1-4H3,(H,38,44)(H,39,55)(H,40,48)(H,51,52)/t26-,35-,37-/m1/s1. The molecule has 0 aliphatic carbocycles. The Labute approximate surface area is 343 Å². The number of carboxylic acids is 1. The molecule has 7 amide bonds. The second-order valence-corrected chi connectivity index (χ2v) is 14.0. The number of β-lactam (4-membered cyclic amide) rings is 1. The van der Waals surface area contributed by atoms with Gasteiger partial charge in [0.2, 0.25) is 23.7 Å². The molecule has 22 nitrogen and oxygen atoms in total. The first-order chi connectivity index (χ1) is 28.4. The number of carbonyl (C=O) groups excluding carboxylic acids is 10. The average Bonchev–Trinajstić information content (AvgIpc) is 3.19. The van der Waals surface area contributed by atoms with E-state index in [0.717, 1.165) is 49.6 Å². The van der Waals surface area contributed by atoms with Crippen LogP contribution >= 0.6 is 11.8 Å². The van der Waals surface area contributed by atoms with Gasteiger partial charge >= 0.3 is 47.7 Å². The minimum absolute atomic E-state index is 0.0473. The first kappa shape index (κ1) is 43.8. The SMILES string of the molecule is CCN1CCN(C(=O)N[C@@H](C(=O)N[C@]2(NC=O)C(=O)N3C(C(=O)O)=C(COC(=O)c4cc(OC(C)=O)c(OC(C)=O)c(OC(C)=O)c4)CS[C@@H]32)c2ccccc2)C(=O)C1=O. The van der Waals surface area contributed by atoms with Gasteiger partial charge in [-0.05, 0) is 24.6 Å². The predicted molar refractivity (Wildman–Crippen MR) is 200 cm³/mol. The van der Waals surface area contributed by atoms with E-state index in [1.807, 2.05) is 0 Å². The summed E-state index contributed by atoms with van der Waals surface area (Å²) < 4.78 is 20.5. The maximum atomic E-state index is 14.0. The summed E-state index contributed by atoms with van der Waals surface area (Å²) in [5.41, 5.74) is -3.25. The van der Waals surface area contributed by atoms with Crippen LogP contribution in [0.5, 0.6) is 17.2 Å². The maximum absolute atomic E-state index is 14.0. The van der Waals surface area contributed by atoms with E-state index in [1.165, 1.54) is 29.2 Å². The third kappa shape index (κ3) is 8.89. The molecule has 0 saturated carbocycles. The van der Waals surface area contributed by atoms with Gasteiger partial charge in [0.15, 0.2) is 11.5 Å². The Kier molecular flexibility index (Phi) is 13.2. The molecule has 0 radical (unpaired) electrons. The minimum Gasteiger partial charge on any atom is -0.477 e. The van der Waals surface area contributed by atoms with Crippen molar-refractivity contribution >= 4 is 77.7 Å². The van der Waals surface area contributed by atoms with Gasteiger partial charge in [0.25, 0.3) is 5.91 Å². The average molecular weight is 853 g/mol. The van der Waals surface area contributed by atoms with Crippen molar-refractivity contribution in [2.75, 3.05) is 32.0 Å². The molecule has 4 N–H and O–H groups in total. The number of esters is 4. The highest BCUT2D eigenvalue weighted by atomic mass is 32.2. The number of nitrogens with one attached hydrogen (secondary N) is 3. The number of benzene rings is 2. The largest absolute Gasteiger partial charge is 0.477 e. The van der Waals surface area contributed by atoms with E-state index in [4.69, 9.17) is 18.9 Å². The summed E-state index contributed by atoms with van der Waals surface area (Å²) in [6.07, 6.45) is 0.103. The van der Waals surface area contributed by atoms with Crippen molar-refractivity contribution in [3.63, 3.8) is 0 Å². The van der Waals surface area contributed by atoms with Crippen LogP contribution in [0.15, 0.2) is 53.7 Å². The Balaban J connectivity index is 1.39. The van der Waals surface area contributed by atoms with E-state index in [2.05, 4.69) is 16.0 Å². The Morgan fingerprint density at radius 3 is 2.08 bits per heavy atom. The van der Waals surface area contributed by atoms with Crippen LogP contribution in [0, 0.1) is 0 Å². The van der Waals surface area contributed by atoms with Gasteiger partial charge in [0.1, 0.15) is 23.7 Å². The summed E-state index contributed by atoms with van der Waals surface area (Å²) in [4.78, 5) is 142. The quantitative estimate of drug-likeness (QED) is 0.0468. The molecule has 2 aromatic carbocycles. The van der Waals surface area contributed by atoms with Crippen molar-refractivity contribution in [3.8, 4) is 17.2 Å². The summed E-state index contributed by atoms with van der Waals surface area (Å²) in [6, 6.07) is 6.79. The van der Waals surface area contributed by atoms with Crippen LogP contribution in [-0.4, -0.2) is 129 Å². The van der Waals surface area contributed by atoms with E-state index in [1.54, 1.807) is 13.0 Å². The lowest BCUT2D eigenvalue weighted by Gasteiger charge is -2.56. The van der Waals surface area contributed by atoms with Gasteiger partial charge in [-0.3, -0.25) is 48.2 Å². The highest BCUT2D eigenvalue weighted by Crippen LogP contribution is 2.45.